The number of nitrogens with zero attached hydrogens (tertiary/aromatic N) is 2. The average Bonchev–Trinajstić information content (AvgIpc) is 3.02. The van der Waals surface area contributed by atoms with Crippen LogP contribution in [0.5, 0.6) is 11.5 Å². The molecule has 1 aromatic heterocycles. The van der Waals surface area contributed by atoms with E-state index in [1.165, 1.54) is 83.5 Å². The number of para-hydroxylation sites is 1. The molecule has 0 aliphatic heterocycles. The monoisotopic (exact) mass is 700 g/mol. The smallest absolute Gasteiger partial charge is 0.323 e. The Morgan fingerprint density at radius 1 is 0.721 bits per heavy atom. The molecule has 1 amide bonds. The number of methoxy groups -OCH3 is 1. The van der Waals surface area contributed by atoms with Crippen molar-refractivity contribution in [1.82, 2.24) is 0 Å². The zero-order valence-electron chi connectivity index (χ0n) is 26.7. The third-order valence-corrected chi connectivity index (χ3v) is 7.91. The van der Waals surface area contributed by atoms with Crippen LogP contribution in [0, 0.1) is 0 Å². The molecule has 3 aromatic rings. The summed E-state index contributed by atoms with van der Waals surface area (Å²) in [5.74, 6) is 1.40. The summed E-state index contributed by atoms with van der Waals surface area (Å²) in [6, 6.07) is 21.4. The molecule has 0 unspecified atom stereocenters. The predicted molar refractivity (Wildman–Crippen MR) is 173 cm³/mol. The van der Waals surface area contributed by atoms with Crippen molar-refractivity contribution < 1.29 is 42.8 Å². The van der Waals surface area contributed by atoms with Crippen molar-refractivity contribution in [3.05, 3.63) is 84.2 Å². The molecule has 236 valence electrons. The third-order valence-electron chi connectivity index (χ3n) is 7.91. The topological polar surface area (TPSA) is 42.7 Å². The van der Waals surface area contributed by atoms with E-state index >= 15 is 0 Å². The zero-order valence-corrected chi connectivity index (χ0v) is 28.9. The molecule has 2 aromatic carbocycles. The molecule has 0 radical (unpaired) electrons. The number of ether oxygens (including phenoxy) is 2. The van der Waals surface area contributed by atoms with E-state index in [-0.39, 0.29) is 29.9 Å². The number of aromatic nitrogens is 1. The average molecular weight is 701 g/mol. The van der Waals surface area contributed by atoms with Gasteiger partial charge >= 0.3 is 5.91 Å². The van der Waals surface area contributed by atoms with Crippen LogP contribution in [-0.4, -0.2) is 19.6 Å². The number of unbranched alkanes of at least 4 members (excludes halogenated alkanes) is 13. The molecule has 0 bridgehead atoms. The molecule has 0 fully saturated rings. The summed E-state index contributed by atoms with van der Waals surface area (Å²) in [5.41, 5.74) is 2.45. The largest absolute Gasteiger partial charge is 1.00 e. The number of anilines is 1. The summed E-state index contributed by atoms with van der Waals surface area (Å²) in [4.78, 5) is 15.4. The van der Waals surface area contributed by atoms with Gasteiger partial charge in [0, 0.05) is 17.8 Å². The summed E-state index contributed by atoms with van der Waals surface area (Å²) in [6.45, 7) is 3.39. The number of aryl methyl sites for hydroxylation is 1. The fourth-order valence-corrected chi connectivity index (χ4v) is 5.36. The van der Waals surface area contributed by atoms with Gasteiger partial charge in [-0.2, -0.15) is 4.57 Å². The van der Waals surface area contributed by atoms with Gasteiger partial charge in [-0.25, -0.2) is 0 Å². The Labute approximate surface area is 278 Å². The van der Waals surface area contributed by atoms with Crippen molar-refractivity contribution in [3.8, 4) is 11.5 Å². The number of carbonyl (C=O) groups is 1. The number of benzene rings is 2. The summed E-state index contributed by atoms with van der Waals surface area (Å²) < 4.78 is 13.6. The Kier molecular flexibility index (Phi) is 18.7. The Morgan fingerprint density at radius 2 is 1.30 bits per heavy atom. The van der Waals surface area contributed by atoms with Gasteiger partial charge in [-0.3, -0.25) is 9.69 Å². The number of hydrogen-bond donors (Lipinski definition) is 0. The first-order chi connectivity index (χ1) is 20.6. The van der Waals surface area contributed by atoms with Crippen molar-refractivity contribution in [2.24, 2.45) is 7.05 Å². The van der Waals surface area contributed by atoms with Gasteiger partial charge in [0.2, 0.25) is 0 Å². The highest BCUT2D eigenvalue weighted by Gasteiger charge is 2.25. The fraction of sp³-hybridized carbons (Fsp3) is 0.514. The highest BCUT2D eigenvalue weighted by molar-refractivity contribution is 6.03. The lowest BCUT2D eigenvalue weighted by atomic mass is 10.0. The van der Waals surface area contributed by atoms with E-state index in [4.69, 9.17) is 9.47 Å². The van der Waals surface area contributed by atoms with Gasteiger partial charge in [-0.05, 0) is 42.3 Å². The zero-order chi connectivity index (χ0) is 29.8. The Morgan fingerprint density at radius 3 is 1.88 bits per heavy atom. The Hall–Kier alpha value is -2.61. The molecule has 0 saturated heterocycles. The van der Waals surface area contributed by atoms with E-state index in [2.05, 4.69) is 6.92 Å². The molecule has 0 spiro atoms. The van der Waals surface area contributed by atoms with Crippen molar-refractivity contribution in [1.29, 1.82) is 0 Å². The number of carbonyl (C=O) groups excluding carboxylic acids is 1. The van der Waals surface area contributed by atoms with Gasteiger partial charge in [0.1, 0.15) is 7.05 Å². The maximum absolute atomic E-state index is 13.6. The van der Waals surface area contributed by atoms with Gasteiger partial charge in [0.15, 0.2) is 17.7 Å². The van der Waals surface area contributed by atoms with E-state index < -0.39 is 0 Å². The van der Waals surface area contributed by atoms with Gasteiger partial charge in [-0.15, -0.1) is 0 Å². The number of hydrogen-bond acceptors (Lipinski definition) is 3. The van der Waals surface area contributed by atoms with Crippen LogP contribution in [0.1, 0.15) is 113 Å². The molecule has 0 atom stereocenters. The molecule has 1 heterocycles. The lowest BCUT2D eigenvalue weighted by molar-refractivity contribution is -0.673. The summed E-state index contributed by atoms with van der Waals surface area (Å²) in [7, 11) is 3.56. The van der Waals surface area contributed by atoms with Gasteiger partial charge in [-0.1, -0.05) is 115 Å². The van der Waals surface area contributed by atoms with E-state index in [0.717, 1.165) is 23.4 Å². The Bertz CT molecular complexity index is 1170. The minimum Gasteiger partial charge on any atom is -1.00 e. The van der Waals surface area contributed by atoms with E-state index in [1.807, 2.05) is 84.5 Å². The predicted octanol–water partition coefficient (Wildman–Crippen LogP) is 6.23. The molecule has 0 aliphatic rings. The molecule has 0 N–H and O–H groups in total. The second kappa shape index (κ2) is 22.0. The number of halogens is 1. The molecular formula is C37H53IN2O3. The van der Waals surface area contributed by atoms with Crippen LogP contribution < -0.4 is 42.9 Å². The van der Waals surface area contributed by atoms with Crippen molar-refractivity contribution in [3.63, 3.8) is 0 Å². The van der Waals surface area contributed by atoms with Crippen LogP contribution in [0.2, 0.25) is 0 Å². The van der Waals surface area contributed by atoms with E-state index in [9.17, 15) is 4.79 Å². The first kappa shape index (κ1) is 36.6. The van der Waals surface area contributed by atoms with Crippen LogP contribution in [-0.2, 0) is 13.6 Å². The summed E-state index contributed by atoms with van der Waals surface area (Å²) >= 11 is 0. The second-order valence-electron chi connectivity index (χ2n) is 11.4. The minimum absolute atomic E-state index is 0. The van der Waals surface area contributed by atoms with Crippen LogP contribution in [0.25, 0.3) is 0 Å². The lowest BCUT2D eigenvalue weighted by Gasteiger charge is -2.22. The maximum Gasteiger partial charge on any atom is 0.323 e. The van der Waals surface area contributed by atoms with Crippen molar-refractivity contribution >= 4 is 11.6 Å². The molecule has 0 aliphatic carbocycles. The Balaban J connectivity index is 0.00000645. The van der Waals surface area contributed by atoms with Crippen LogP contribution in [0.15, 0.2) is 72.9 Å². The summed E-state index contributed by atoms with van der Waals surface area (Å²) in [6.07, 6.45) is 20.7. The quantitative estimate of drug-likeness (QED) is 0.0753. The third kappa shape index (κ3) is 13.3. The van der Waals surface area contributed by atoms with Crippen LogP contribution in [0.4, 0.5) is 5.69 Å². The minimum atomic E-state index is -0.0543. The van der Waals surface area contributed by atoms with E-state index in [0.29, 0.717) is 24.6 Å². The molecule has 0 saturated carbocycles. The normalized spacial score (nSPS) is 10.7. The highest BCUT2D eigenvalue weighted by atomic mass is 127. The molecule has 43 heavy (non-hydrogen) atoms. The van der Waals surface area contributed by atoms with E-state index in [1.54, 1.807) is 12.0 Å². The second-order valence-corrected chi connectivity index (χ2v) is 11.4. The lowest BCUT2D eigenvalue weighted by Crippen LogP contribution is -3.00. The number of amides is 1. The molecule has 3 rings (SSSR count). The SMILES string of the molecule is CCCCCCCCCCCCCCCCOc1ccc(CN(C(=O)c2cccc[n+]2C)c2ccccc2)cc1OC.[I-]. The number of rotatable bonds is 21. The molecule has 5 nitrogen and oxygen atoms in total. The van der Waals surface area contributed by atoms with Crippen LogP contribution >= 0.6 is 0 Å². The standard InChI is InChI=1S/C37H53N2O3.HI/c1-4-5-6-7-8-9-10-11-12-13-14-15-16-22-29-42-35-27-26-32(30-36(35)41-3)31-39(33-23-18-17-19-24-33)37(40)34-25-20-21-28-38(34)2;/h17-21,23-28,30H,4-16,22,29,31H2,1-3H3;1H/q+1;/p-1. The summed E-state index contributed by atoms with van der Waals surface area (Å²) in [5, 5.41) is 0. The maximum atomic E-state index is 13.6. The molecule has 6 heteroatoms. The highest BCUT2D eigenvalue weighted by Crippen LogP contribution is 2.30. The first-order valence-corrected chi connectivity index (χ1v) is 16.2. The number of pyridine rings is 1. The molecular weight excluding hydrogens is 647 g/mol. The van der Waals surface area contributed by atoms with Gasteiger partial charge in [0.05, 0.1) is 20.3 Å². The van der Waals surface area contributed by atoms with Crippen molar-refractivity contribution in [2.75, 3.05) is 18.6 Å². The van der Waals surface area contributed by atoms with Crippen molar-refractivity contribution in [2.45, 2.75) is 103 Å². The first-order valence-electron chi connectivity index (χ1n) is 16.2. The van der Waals surface area contributed by atoms with Gasteiger partial charge in [0.25, 0.3) is 5.69 Å². The van der Waals surface area contributed by atoms with Crippen LogP contribution in [0.3, 0.4) is 0 Å². The van der Waals surface area contributed by atoms with Gasteiger partial charge < -0.3 is 33.5 Å². The fourth-order valence-electron chi connectivity index (χ4n) is 5.36.